The van der Waals surface area contributed by atoms with Crippen LogP contribution in [0.3, 0.4) is 0 Å². The molecule has 0 amide bonds. The van der Waals surface area contributed by atoms with E-state index in [1.165, 1.54) is 186 Å². The van der Waals surface area contributed by atoms with Crippen LogP contribution in [-0.2, 0) is 23.8 Å². The Hall–Kier alpha value is -1.88. The number of carbonyl (C=O) groups excluding carboxylic acids is 2. The molecule has 0 aromatic heterocycles. The molecule has 0 aliphatic heterocycles. The molecule has 0 aliphatic rings. The summed E-state index contributed by atoms with van der Waals surface area (Å²) in [6, 6.07) is 0. The van der Waals surface area contributed by atoms with Gasteiger partial charge in [0.1, 0.15) is 6.61 Å². The number of hydrogen-bond acceptors (Lipinski definition) is 5. The van der Waals surface area contributed by atoms with E-state index in [4.69, 9.17) is 14.2 Å². The van der Waals surface area contributed by atoms with Gasteiger partial charge in [-0.15, -0.1) is 0 Å². The Balaban J connectivity index is 4.21. The van der Waals surface area contributed by atoms with E-state index in [-0.39, 0.29) is 18.5 Å². The van der Waals surface area contributed by atoms with Crippen molar-refractivity contribution < 1.29 is 23.8 Å². The quantitative estimate of drug-likeness (QED) is 0.0347. The fourth-order valence-corrected chi connectivity index (χ4v) is 7.69. The molecule has 5 nitrogen and oxygen atoms in total. The topological polar surface area (TPSA) is 61.8 Å². The van der Waals surface area contributed by atoms with Crippen LogP contribution in [-0.4, -0.2) is 37.9 Å². The highest BCUT2D eigenvalue weighted by Gasteiger charge is 2.17. The minimum absolute atomic E-state index is 0.0844. The summed E-state index contributed by atoms with van der Waals surface area (Å²) in [6.07, 6.45) is 61.5. The summed E-state index contributed by atoms with van der Waals surface area (Å²) in [5.41, 5.74) is 0. The van der Waals surface area contributed by atoms with Crippen molar-refractivity contribution in [3.8, 4) is 0 Å². The van der Waals surface area contributed by atoms with Crippen molar-refractivity contribution in [2.24, 2.45) is 0 Å². The van der Waals surface area contributed by atoms with Gasteiger partial charge in [0.2, 0.25) is 0 Å². The minimum Gasteiger partial charge on any atom is -0.462 e. The molecule has 0 saturated heterocycles. The molecule has 0 spiro atoms. The van der Waals surface area contributed by atoms with Crippen LogP contribution in [0.4, 0.5) is 0 Å². The van der Waals surface area contributed by atoms with Gasteiger partial charge < -0.3 is 14.2 Å². The van der Waals surface area contributed by atoms with Gasteiger partial charge >= 0.3 is 11.9 Å². The van der Waals surface area contributed by atoms with Gasteiger partial charge in [-0.2, -0.15) is 0 Å². The van der Waals surface area contributed by atoms with Crippen LogP contribution < -0.4 is 0 Å². The summed E-state index contributed by atoms with van der Waals surface area (Å²) in [4.78, 5) is 25.4. The largest absolute Gasteiger partial charge is 0.462 e. The molecule has 60 heavy (non-hydrogen) atoms. The molecule has 0 rings (SSSR count). The predicted molar refractivity (Wildman–Crippen MR) is 261 cm³/mol. The normalized spacial score (nSPS) is 12.4. The van der Waals surface area contributed by atoms with E-state index in [2.05, 4.69) is 57.2 Å². The highest BCUT2D eigenvalue weighted by molar-refractivity contribution is 5.70. The van der Waals surface area contributed by atoms with Crippen LogP contribution in [0.5, 0.6) is 0 Å². The van der Waals surface area contributed by atoms with Gasteiger partial charge in [-0.3, -0.25) is 9.59 Å². The molecule has 1 atom stereocenters. The third kappa shape index (κ3) is 48.8. The molecular weight excluding hydrogens is 741 g/mol. The average Bonchev–Trinajstić information content (AvgIpc) is 3.25. The lowest BCUT2D eigenvalue weighted by Gasteiger charge is -2.18. The predicted octanol–water partition coefficient (Wildman–Crippen LogP) is 17.8. The SMILES string of the molecule is CCCCC/C=C\C/C=C\C/C=C\CCCCCCCCC(=O)OCC(COCCCCCCCCCCCCCCCC)OC(=O)CCCCCCCCCCCCC. The first-order valence-corrected chi connectivity index (χ1v) is 26.5. The summed E-state index contributed by atoms with van der Waals surface area (Å²) in [5.74, 6) is -0.397. The summed E-state index contributed by atoms with van der Waals surface area (Å²) >= 11 is 0. The first-order valence-electron chi connectivity index (χ1n) is 26.5. The smallest absolute Gasteiger partial charge is 0.306 e. The lowest BCUT2D eigenvalue weighted by molar-refractivity contribution is -0.163. The van der Waals surface area contributed by atoms with Crippen LogP contribution in [0.15, 0.2) is 36.5 Å². The second-order valence-electron chi connectivity index (χ2n) is 17.8. The van der Waals surface area contributed by atoms with E-state index in [1.54, 1.807) is 0 Å². The van der Waals surface area contributed by atoms with E-state index in [9.17, 15) is 9.59 Å². The summed E-state index contributed by atoms with van der Waals surface area (Å²) in [7, 11) is 0. The van der Waals surface area contributed by atoms with E-state index < -0.39 is 6.10 Å². The third-order valence-corrected chi connectivity index (χ3v) is 11.7. The van der Waals surface area contributed by atoms with Crippen molar-refractivity contribution in [2.45, 2.75) is 284 Å². The second-order valence-corrected chi connectivity index (χ2v) is 17.8. The standard InChI is InChI=1S/C55H102O5/c1-4-7-10-13-16-19-22-24-26-27-28-29-30-31-34-36-39-42-45-48-54(56)59-52-53(60-55(57)49-46-43-40-37-33-21-18-15-12-9-6-3)51-58-50-47-44-41-38-35-32-25-23-20-17-14-11-8-5-2/h16,19,24,26,28-29,53H,4-15,17-18,20-23,25,27,30-52H2,1-3H3/b19-16-,26-24-,29-28-. The van der Waals surface area contributed by atoms with E-state index in [0.29, 0.717) is 26.1 Å². The van der Waals surface area contributed by atoms with Gasteiger partial charge in [-0.1, -0.05) is 243 Å². The molecule has 1 unspecified atom stereocenters. The van der Waals surface area contributed by atoms with Crippen LogP contribution in [0.25, 0.3) is 0 Å². The van der Waals surface area contributed by atoms with Crippen molar-refractivity contribution in [1.29, 1.82) is 0 Å². The lowest BCUT2D eigenvalue weighted by Crippen LogP contribution is -2.30. The van der Waals surface area contributed by atoms with Gasteiger partial charge in [0, 0.05) is 19.4 Å². The number of esters is 2. The van der Waals surface area contributed by atoms with Gasteiger partial charge in [0.05, 0.1) is 6.61 Å². The Morgan fingerprint density at radius 3 is 1.15 bits per heavy atom. The van der Waals surface area contributed by atoms with Crippen LogP contribution in [0.2, 0.25) is 0 Å². The average molecular weight is 843 g/mol. The monoisotopic (exact) mass is 843 g/mol. The molecular formula is C55H102O5. The Morgan fingerprint density at radius 1 is 0.367 bits per heavy atom. The van der Waals surface area contributed by atoms with Crippen molar-refractivity contribution in [2.75, 3.05) is 19.8 Å². The molecule has 5 heteroatoms. The fraction of sp³-hybridized carbons (Fsp3) is 0.855. The molecule has 0 radical (unpaired) electrons. The zero-order valence-electron chi connectivity index (χ0n) is 40.5. The van der Waals surface area contributed by atoms with Gasteiger partial charge in [-0.25, -0.2) is 0 Å². The van der Waals surface area contributed by atoms with Gasteiger partial charge in [0.25, 0.3) is 0 Å². The third-order valence-electron chi connectivity index (χ3n) is 11.7. The van der Waals surface area contributed by atoms with E-state index >= 15 is 0 Å². The lowest BCUT2D eigenvalue weighted by atomic mass is 10.0. The van der Waals surface area contributed by atoms with Crippen molar-refractivity contribution in [3.05, 3.63) is 36.5 Å². The Labute approximate surface area is 374 Å². The summed E-state index contributed by atoms with van der Waals surface area (Å²) in [6.45, 7) is 7.83. The number of hydrogen-bond donors (Lipinski definition) is 0. The van der Waals surface area contributed by atoms with Gasteiger partial charge in [0.15, 0.2) is 6.10 Å². The van der Waals surface area contributed by atoms with Crippen molar-refractivity contribution in [3.63, 3.8) is 0 Å². The molecule has 0 aliphatic carbocycles. The maximum absolute atomic E-state index is 12.8. The molecule has 0 fully saturated rings. The Bertz CT molecular complexity index is 955. The second kappa shape index (κ2) is 51.5. The number of unbranched alkanes of at least 4 members (excludes halogenated alkanes) is 32. The maximum atomic E-state index is 12.8. The summed E-state index contributed by atoms with van der Waals surface area (Å²) < 4.78 is 17.4. The number of rotatable bonds is 49. The van der Waals surface area contributed by atoms with Crippen molar-refractivity contribution >= 4 is 11.9 Å². The van der Waals surface area contributed by atoms with E-state index in [1.807, 2.05) is 0 Å². The molecule has 0 heterocycles. The van der Waals surface area contributed by atoms with Crippen LogP contribution >= 0.6 is 0 Å². The Morgan fingerprint density at radius 2 is 0.700 bits per heavy atom. The molecule has 0 bridgehead atoms. The maximum Gasteiger partial charge on any atom is 0.306 e. The number of ether oxygens (including phenoxy) is 3. The Kier molecular flexibility index (Phi) is 49.9. The minimum atomic E-state index is -0.534. The zero-order chi connectivity index (χ0) is 43.5. The summed E-state index contributed by atoms with van der Waals surface area (Å²) in [5, 5.41) is 0. The molecule has 0 N–H and O–H groups in total. The first kappa shape index (κ1) is 58.1. The first-order chi connectivity index (χ1) is 29.6. The van der Waals surface area contributed by atoms with Crippen molar-refractivity contribution in [1.82, 2.24) is 0 Å². The fourth-order valence-electron chi connectivity index (χ4n) is 7.69. The number of carbonyl (C=O) groups is 2. The highest BCUT2D eigenvalue weighted by atomic mass is 16.6. The molecule has 0 saturated carbocycles. The molecule has 0 aromatic rings. The highest BCUT2D eigenvalue weighted by Crippen LogP contribution is 2.15. The van der Waals surface area contributed by atoms with Crippen LogP contribution in [0, 0.1) is 0 Å². The molecule has 0 aromatic carbocycles. The molecule has 352 valence electrons. The van der Waals surface area contributed by atoms with Crippen LogP contribution in [0.1, 0.15) is 278 Å². The van der Waals surface area contributed by atoms with Gasteiger partial charge in [-0.05, 0) is 57.8 Å². The zero-order valence-corrected chi connectivity index (χ0v) is 40.5. The van der Waals surface area contributed by atoms with E-state index in [0.717, 1.165) is 57.8 Å². The number of allylic oxidation sites excluding steroid dienone is 6.